The van der Waals surface area contributed by atoms with E-state index >= 15 is 0 Å². The first-order valence-electron chi connectivity index (χ1n) is 9.48. The fourth-order valence-corrected chi connectivity index (χ4v) is 3.57. The quantitative estimate of drug-likeness (QED) is 0.487. The summed E-state index contributed by atoms with van der Waals surface area (Å²) in [5, 5.41) is 3.58. The summed E-state index contributed by atoms with van der Waals surface area (Å²) in [6, 6.07) is 13.5. The Bertz CT molecular complexity index is 807. The van der Waals surface area contributed by atoms with Crippen molar-refractivity contribution in [1.82, 2.24) is 5.32 Å². The zero-order valence-electron chi connectivity index (χ0n) is 15.7. The SMILES string of the molecule is O=COCC(CC(=O)NCCCc1cccc2c1OCC2)c1ccc(Cl)cc1. The first-order chi connectivity index (χ1) is 13.7. The number of rotatable bonds is 10. The maximum atomic E-state index is 12.3. The fraction of sp³-hybridized carbons (Fsp3) is 0.364. The molecule has 1 N–H and O–H groups in total. The molecule has 6 heteroatoms. The van der Waals surface area contributed by atoms with E-state index in [1.165, 1.54) is 11.1 Å². The number of hydrogen-bond acceptors (Lipinski definition) is 4. The van der Waals surface area contributed by atoms with Gasteiger partial charge in [0, 0.05) is 30.3 Å². The normalized spacial score (nSPS) is 13.3. The molecule has 1 unspecified atom stereocenters. The van der Waals surface area contributed by atoms with E-state index in [4.69, 9.17) is 21.1 Å². The van der Waals surface area contributed by atoms with Crippen molar-refractivity contribution in [3.8, 4) is 5.75 Å². The Labute approximate surface area is 170 Å². The minimum absolute atomic E-state index is 0.0658. The molecule has 1 atom stereocenters. The van der Waals surface area contributed by atoms with Crippen molar-refractivity contribution in [2.45, 2.75) is 31.6 Å². The lowest BCUT2D eigenvalue weighted by atomic mass is 9.96. The number of carbonyl (C=O) groups is 2. The monoisotopic (exact) mass is 401 g/mol. The molecular formula is C22H24ClNO4. The molecule has 1 heterocycles. The molecule has 0 fully saturated rings. The highest BCUT2D eigenvalue weighted by Gasteiger charge is 2.18. The maximum absolute atomic E-state index is 12.3. The Morgan fingerprint density at radius 2 is 2.07 bits per heavy atom. The highest BCUT2D eigenvalue weighted by molar-refractivity contribution is 6.30. The van der Waals surface area contributed by atoms with Gasteiger partial charge in [-0.25, -0.2) is 0 Å². The second-order valence-electron chi connectivity index (χ2n) is 6.84. The van der Waals surface area contributed by atoms with Crippen molar-refractivity contribution < 1.29 is 19.1 Å². The predicted octanol–water partition coefficient (Wildman–Crippen LogP) is 3.67. The molecule has 0 saturated carbocycles. The summed E-state index contributed by atoms with van der Waals surface area (Å²) in [5.41, 5.74) is 3.38. The molecule has 2 aromatic carbocycles. The second kappa shape index (κ2) is 10.1. The third-order valence-corrected chi connectivity index (χ3v) is 5.13. The lowest BCUT2D eigenvalue weighted by molar-refractivity contribution is -0.130. The van der Waals surface area contributed by atoms with E-state index in [-0.39, 0.29) is 24.9 Å². The van der Waals surface area contributed by atoms with Gasteiger partial charge >= 0.3 is 0 Å². The van der Waals surface area contributed by atoms with Gasteiger partial charge in [-0.3, -0.25) is 9.59 Å². The van der Waals surface area contributed by atoms with E-state index in [1.54, 1.807) is 12.1 Å². The molecule has 28 heavy (non-hydrogen) atoms. The summed E-state index contributed by atoms with van der Waals surface area (Å²) in [5.74, 6) is 0.750. The Morgan fingerprint density at radius 1 is 1.25 bits per heavy atom. The Kier molecular flexibility index (Phi) is 7.31. The third-order valence-electron chi connectivity index (χ3n) is 4.88. The van der Waals surface area contributed by atoms with Gasteiger partial charge in [0.1, 0.15) is 5.75 Å². The van der Waals surface area contributed by atoms with Crippen LogP contribution >= 0.6 is 11.6 Å². The first kappa shape index (κ1) is 20.2. The number of para-hydroxylation sites is 1. The average Bonchev–Trinajstić information content (AvgIpc) is 3.19. The van der Waals surface area contributed by atoms with Crippen molar-refractivity contribution in [2.24, 2.45) is 0 Å². The highest BCUT2D eigenvalue weighted by Crippen LogP contribution is 2.30. The van der Waals surface area contributed by atoms with Crippen LogP contribution in [0.25, 0.3) is 0 Å². The van der Waals surface area contributed by atoms with E-state index in [2.05, 4.69) is 23.5 Å². The smallest absolute Gasteiger partial charge is 0.293 e. The summed E-state index contributed by atoms with van der Waals surface area (Å²) in [4.78, 5) is 22.9. The van der Waals surface area contributed by atoms with Gasteiger partial charge in [0.2, 0.25) is 5.91 Å². The molecule has 3 rings (SSSR count). The zero-order valence-corrected chi connectivity index (χ0v) is 16.4. The number of nitrogens with one attached hydrogen (secondary N) is 1. The van der Waals surface area contributed by atoms with Crippen molar-refractivity contribution in [3.05, 3.63) is 64.2 Å². The summed E-state index contributed by atoms with van der Waals surface area (Å²) in [6.45, 7) is 1.90. The molecule has 1 amide bonds. The van der Waals surface area contributed by atoms with Gasteiger partial charge in [-0.15, -0.1) is 0 Å². The van der Waals surface area contributed by atoms with Crippen LogP contribution in [0.4, 0.5) is 0 Å². The molecule has 0 spiro atoms. The van der Waals surface area contributed by atoms with Crippen LogP contribution in [0.2, 0.25) is 5.02 Å². The van der Waals surface area contributed by atoms with Crippen LogP contribution in [0.1, 0.15) is 35.4 Å². The van der Waals surface area contributed by atoms with Crippen LogP contribution in [0, 0.1) is 0 Å². The molecule has 2 aromatic rings. The number of hydrogen-bond donors (Lipinski definition) is 1. The molecule has 0 aromatic heterocycles. The summed E-state index contributed by atoms with van der Waals surface area (Å²) in [7, 11) is 0. The minimum atomic E-state index is -0.201. The highest BCUT2D eigenvalue weighted by atomic mass is 35.5. The lowest BCUT2D eigenvalue weighted by Crippen LogP contribution is -2.27. The standard InChI is InChI=1S/C22H24ClNO4/c23-20-8-6-16(7-9-20)19(14-27-15-25)13-21(26)24-11-2-5-17-3-1-4-18-10-12-28-22(17)18/h1,3-4,6-9,15,19H,2,5,10-14H2,(H,24,26). The van der Waals surface area contributed by atoms with Crippen molar-refractivity contribution in [3.63, 3.8) is 0 Å². The van der Waals surface area contributed by atoms with Gasteiger partial charge in [0.15, 0.2) is 0 Å². The molecule has 0 radical (unpaired) electrons. The predicted molar refractivity (Wildman–Crippen MR) is 108 cm³/mol. The van der Waals surface area contributed by atoms with Crippen LogP contribution in [0.5, 0.6) is 5.75 Å². The maximum Gasteiger partial charge on any atom is 0.293 e. The van der Waals surface area contributed by atoms with E-state index in [0.29, 0.717) is 18.0 Å². The van der Waals surface area contributed by atoms with Gasteiger partial charge in [0.05, 0.1) is 13.2 Å². The molecule has 0 bridgehead atoms. The summed E-state index contributed by atoms with van der Waals surface area (Å²) >= 11 is 5.92. The Morgan fingerprint density at radius 3 is 2.86 bits per heavy atom. The van der Waals surface area contributed by atoms with Gasteiger partial charge in [-0.1, -0.05) is 41.9 Å². The average molecular weight is 402 g/mol. The molecule has 1 aliphatic rings. The number of benzene rings is 2. The molecule has 148 valence electrons. The van der Waals surface area contributed by atoms with Crippen molar-refractivity contribution >= 4 is 24.0 Å². The number of ether oxygens (including phenoxy) is 2. The van der Waals surface area contributed by atoms with Gasteiger partial charge in [0.25, 0.3) is 6.47 Å². The van der Waals surface area contributed by atoms with Gasteiger partial charge in [-0.2, -0.15) is 0 Å². The zero-order chi connectivity index (χ0) is 19.8. The number of halogens is 1. The molecular weight excluding hydrogens is 378 g/mol. The molecule has 5 nitrogen and oxygen atoms in total. The third kappa shape index (κ3) is 5.49. The van der Waals surface area contributed by atoms with Crippen LogP contribution in [-0.4, -0.2) is 32.1 Å². The van der Waals surface area contributed by atoms with Gasteiger partial charge < -0.3 is 14.8 Å². The first-order valence-corrected chi connectivity index (χ1v) is 9.86. The largest absolute Gasteiger partial charge is 0.493 e. The Balaban J connectivity index is 1.47. The second-order valence-corrected chi connectivity index (χ2v) is 7.28. The van der Waals surface area contributed by atoms with E-state index < -0.39 is 0 Å². The van der Waals surface area contributed by atoms with Crippen LogP contribution in [0.3, 0.4) is 0 Å². The summed E-state index contributed by atoms with van der Waals surface area (Å²) in [6.07, 6.45) is 2.91. The number of amides is 1. The van der Waals surface area contributed by atoms with Crippen LogP contribution in [-0.2, 0) is 27.2 Å². The number of aryl methyl sites for hydroxylation is 1. The van der Waals surface area contributed by atoms with Crippen LogP contribution < -0.4 is 10.1 Å². The molecule has 0 aliphatic carbocycles. The minimum Gasteiger partial charge on any atom is -0.493 e. The van der Waals surface area contributed by atoms with Crippen molar-refractivity contribution in [2.75, 3.05) is 19.8 Å². The van der Waals surface area contributed by atoms with E-state index in [9.17, 15) is 9.59 Å². The molecule has 1 aliphatic heterocycles. The van der Waals surface area contributed by atoms with Gasteiger partial charge in [-0.05, 0) is 41.7 Å². The lowest BCUT2D eigenvalue weighted by Gasteiger charge is -2.16. The number of carbonyl (C=O) groups excluding carboxylic acids is 2. The number of fused-ring (bicyclic) bond motifs is 1. The summed E-state index contributed by atoms with van der Waals surface area (Å²) < 4.78 is 10.6. The van der Waals surface area contributed by atoms with Crippen LogP contribution in [0.15, 0.2) is 42.5 Å². The van der Waals surface area contributed by atoms with E-state index in [1.807, 2.05) is 12.1 Å². The van der Waals surface area contributed by atoms with Crippen molar-refractivity contribution in [1.29, 1.82) is 0 Å². The van der Waals surface area contributed by atoms with E-state index in [0.717, 1.165) is 37.2 Å². The fourth-order valence-electron chi connectivity index (χ4n) is 3.45. The molecule has 0 saturated heterocycles. The Hall–Kier alpha value is -2.53. The topological polar surface area (TPSA) is 64.6 Å².